The van der Waals surface area contributed by atoms with E-state index in [9.17, 15) is 4.79 Å². The molecule has 4 nitrogen and oxygen atoms in total. The van der Waals surface area contributed by atoms with Crippen molar-refractivity contribution in [2.75, 3.05) is 20.8 Å². The molecule has 0 aromatic heterocycles. The molecular formula is C17H25NO3. The summed E-state index contributed by atoms with van der Waals surface area (Å²) in [5.74, 6) is 1.33. The quantitative estimate of drug-likeness (QED) is 0.833. The normalized spacial score (nSPS) is 15.6. The predicted molar refractivity (Wildman–Crippen MR) is 83.1 cm³/mol. The Morgan fingerprint density at radius 2 is 1.90 bits per heavy atom. The molecule has 0 unspecified atom stereocenters. The van der Waals surface area contributed by atoms with Crippen molar-refractivity contribution in [1.29, 1.82) is 0 Å². The Morgan fingerprint density at radius 1 is 1.19 bits per heavy atom. The van der Waals surface area contributed by atoms with Crippen LogP contribution in [-0.4, -0.2) is 37.6 Å². The number of nitrogens with zero attached hydrogens (tertiary/aromatic N) is 1. The first-order chi connectivity index (χ1) is 10.2. The molecule has 0 radical (unpaired) electrons. The second-order valence-electron chi connectivity index (χ2n) is 5.45. The highest BCUT2D eigenvalue weighted by Crippen LogP contribution is 2.29. The number of ether oxygens (including phenoxy) is 2. The third-order valence-electron chi connectivity index (χ3n) is 4.25. The van der Waals surface area contributed by atoms with Crippen LogP contribution < -0.4 is 9.47 Å². The van der Waals surface area contributed by atoms with Crippen molar-refractivity contribution in [1.82, 2.24) is 4.90 Å². The Labute approximate surface area is 127 Å². The average molecular weight is 291 g/mol. The van der Waals surface area contributed by atoms with Gasteiger partial charge in [0.05, 0.1) is 19.8 Å². The molecule has 0 bridgehead atoms. The number of amides is 1. The lowest BCUT2D eigenvalue weighted by Gasteiger charge is -2.34. The first-order valence-electron chi connectivity index (χ1n) is 7.74. The van der Waals surface area contributed by atoms with E-state index in [2.05, 4.69) is 0 Å². The Hall–Kier alpha value is -1.71. The molecule has 1 aromatic carbocycles. The molecule has 4 heteroatoms. The summed E-state index contributed by atoms with van der Waals surface area (Å²) in [7, 11) is 3.20. The van der Waals surface area contributed by atoms with E-state index in [1.807, 2.05) is 17.9 Å². The molecule has 0 saturated heterocycles. The van der Waals surface area contributed by atoms with E-state index < -0.39 is 0 Å². The van der Waals surface area contributed by atoms with Gasteiger partial charge in [-0.15, -0.1) is 0 Å². The Morgan fingerprint density at radius 3 is 2.48 bits per heavy atom. The molecule has 1 aromatic rings. The number of hydrogen-bond acceptors (Lipinski definition) is 3. The number of methoxy groups -OCH3 is 2. The molecule has 116 valence electrons. The van der Waals surface area contributed by atoms with E-state index in [4.69, 9.17) is 9.47 Å². The van der Waals surface area contributed by atoms with Crippen molar-refractivity contribution in [3.63, 3.8) is 0 Å². The summed E-state index contributed by atoms with van der Waals surface area (Å²) in [4.78, 5) is 14.9. The lowest BCUT2D eigenvalue weighted by molar-refractivity contribution is 0.0644. The van der Waals surface area contributed by atoms with Gasteiger partial charge in [0.1, 0.15) is 11.5 Å². The van der Waals surface area contributed by atoms with Crippen molar-refractivity contribution in [3.8, 4) is 11.5 Å². The van der Waals surface area contributed by atoms with Gasteiger partial charge in [0, 0.05) is 12.6 Å². The van der Waals surface area contributed by atoms with Crippen LogP contribution in [0.5, 0.6) is 11.5 Å². The molecule has 1 aliphatic rings. The van der Waals surface area contributed by atoms with Crippen molar-refractivity contribution in [3.05, 3.63) is 23.8 Å². The monoisotopic (exact) mass is 291 g/mol. The van der Waals surface area contributed by atoms with E-state index in [-0.39, 0.29) is 5.91 Å². The second-order valence-corrected chi connectivity index (χ2v) is 5.45. The van der Waals surface area contributed by atoms with Crippen molar-refractivity contribution >= 4 is 5.91 Å². The molecule has 0 heterocycles. The van der Waals surface area contributed by atoms with Crippen LogP contribution in [0.15, 0.2) is 18.2 Å². The van der Waals surface area contributed by atoms with E-state index >= 15 is 0 Å². The molecule has 0 spiro atoms. The van der Waals surface area contributed by atoms with Gasteiger partial charge < -0.3 is 14.4 Å². The van der Waals surface area contributed by atoms with Gasteiger partial charge in [0.2, 0.25) is 0 Å². The predicted octanol–water partition coefficient (Wildman–Crippen LogP) is 3.50. The summed E-state index contributed by atoms with van der Waals surface area (Å²) >= 11 is 0. The van der Waals surface area contributed by atoms with Gasteiger partial charge >= 0.3 is 0 Å². The smallest absolute Gasteiger partial charge is 0.257 e. The van der Waals surface area contributed by atoms with Crippen molar-refractivity contribution in [2.24, 2.45) is 0 Å². The zero-order chi connectivity index (χ0) is 15.2. The summed E-state index contributed by atoms with van der Waals surface area (Å²) in [6, 6.07) is 5.73. The number of hydrogen-bond donors (Lipinski definition) is 0. The van der Waals surface area contributed by atoms with E-state index in [1.165, 1.54) is 19.3 Å². The van der Waals surface area contributed by atoms with Crippen LogP contribution in [-0.2, 0) is 0 Å². The Balaban J connectivity index is 2.27. The molecule has 1 aliphatic carbocycles. The van der Waals surface area contributed by atoms with E-state index in [0.29, 0.717) is 23.1 Å². The van der Waals surface area contributed by atoms with Crippen molar-refractivity contribution in [2.45, 2.75) is 45.1 Å². The fourth-order valence-electron chi connectivity index (χ4n) is 3.10. The molecule has 2 rings (SSSR count). The van der Waals surface area contributed by atoms with Gasteiger partial charge in [-0.3, -0.25) is 4.79 Å². The van der Waals surface area contributed by atoms with E-state index in [1.54, 1.807) is 26.4 Å². The Bertz CT molecular complexity index is 481. The summed E-state index contributed by atoms with van der Waals surface area (Å²) < 4.78 is 10.6. The van der Waals surface area contributed by atoms with Gasteiger partial charge in [-0.2, -0.15) is 0 Å². The topological polar surface area (TPSA) is 38.8 Å². The molecular weight excluding hydrogens is 266 g/mol. The third-order valence-corrected chi connectivity index (χ3v) is 4.25. The van der Waals surface area contributed by atoms with E-state index in [0.717, 1.165) is 19.4 Å². The molecule has 1 fully saturated rings. The average Bonchev–Trinajstić information content (AvgIpc) is 2.55. The largest absolute Gasteiger partial charge is 0.497 e. The highest BCUT2D eigenvalue weighted by molar-refractivity contribution is 5.97. The Kier molecular flexibility index (Phi) is 5.48. The van der Waals surface area contributed by atoms with Gasteiger partial charge in [0.25, 0.3) is 5.91 Å². The minimum absolute atomic E-state index is 0.0418. The fourth-order valence-corrected chi connectivity index (χ4v) is 3.10. The maximum absolute atomic E-state index is 12.9. The maximum atomic E-state index is 12.9. The summed E-state index contributed by atoms with van der Waals surface area (Å²) in [6.07, 6.45) is 5.91. The van der Waals surface area contributed by atoms with Crippen LogP contribution in [0.1, 0.15) is 49.4 Å². The minimum atomic E-state index is 0.0418. The zero-order valence-corrected chi connectivity index (χ0v) is 13.2. The molecule has 0 N–H and O–H groups in total. The van der Waals surface area contributed by atoms with Crippen LogP contribution in [0.3, 0.4) is 0 Å². The number of benzene rings is 1. The van der Waals surface area contributed by atoms with Gasteiger partial charge in [-0.25, -0.2) is 0 Å². The fraction of sp³-hybridized carbons (Fsp3) is 0.588. The third kappa shape index (κ3) is 3.49. The first kappa shape index (κ1) is 15.7. The van der Waals surface area contributed by atoms with Gasteiger partial charge in [-0.05, 0) is 38.0 Å². The molecule has 21 heavy (non-hydrogen) atoms. The lowest BCUT2D eigenvalue weighted by Crippen LogP contribution is -2.41. The van der Waals surface area contributed by atoms with Crippen molar-refractivity contribution < 1.29 is 14.3 Å². The standard InChI is InChI=1S/C17H25NO3/c1-4-18(13-8-6-5-7-9-13)17(19)15-12-14(20-2)10-11-16(15)21-3/h10-13H,4-9H2,1-3H3. The zero-order valence-electron chi connectivity index (χ0n) is 13.2. The van der Waals surface area contributed by atoms with Crippen LogP contribution in [0.4, 0.5) is 0 Å². The first-order valence-corrected chi connectivity index (χ1v) is 7.74. The molecule has 0 atom stereocenters. The van der Waals surface area contributed by atoms with Crippen LogP contribution in [0.2, 0.25) is 0 Å². The minimum Gasteiger partial charge on any atom is -0.497 e. The number of carbonyl (C=O) groups is 1. The second kappa shape index (κ2) is 7.34. The van der Waals surface area contributed by atoms with Crippen LogP contribution in [0, 0.1) is 0 Å². The molecule has 1 amide bonds. The lowest BCUT2D eigenvalue weighted by atomic mass is 9.93. The summed E-state index contributed by atoms with van der Waals surface area (Å²) in [5.41, 5.74) is 0.587. The molecule has 1 saturated carbocycles. The summed E-state index contributed by atoms with van der Waals surface area (Å²) in [6.45, 7) is 2.77. The maximum Gasteiger partial charge on any atom is 0.257 e. The number of carbonyl (C=O) groups excluding carboxylic acids is 1. The molecule has 0 aliphatic heterocycles. The SMILES string of the molecule is CCN(C(=O)c1cc(OC)ccc1OC)C1CCCCC1. The van der Waals surface area contributed by atoms with Crippen LogP contribution in [0.25, 0.3) is 0 Å². The van der Waals surface area contributed by atoms with Gasteiger partial charge in [-0.1, -0.05) is 19.3 Å². The summed E-state index contributed by atoms with van der Waals surface area (Å²) in [5, 5.41) is 0. The highest BCUT2D eigenvalue weighted by atomic mass is 16.5. The van der Waals surface area contributed by atoms with Crippen LogP contribution >= 0.6 is 0 Å². The number of rotatable bonds is 5. The highest BCUT2D eigenvalue weighted by Gasteiger charge is 2.27. The van der Waals surface area contributed by atoms with Gasteiger partial charge in [0.15, 0.2) is 0 Å².